The second-order valence-corrected chi connectivity index (χ2v) is 8.88. The lowest BCUT2D eigenvalue weighted by Crippen LogP contribution is -2.03. The van der Waals surface area contributed by atoms with Gasteiger partial charge in [0.2, 0.25) is 0 Å². The van der Waals surface area contributed by atoms with Gasteiger partial charge in [-0.3, -0.25) is 9.78 Å². The van der Waals surface area contributed by atoms with Crippen molar-refractivity contribution in [3.63, 3.8) is 0 Å². The normalized spacial score (nSPS) is 11.4. The summed E-state index contributed by atoms with van der Waals surface area (Å²) in [5.41, 5.74) is 5.15. The van der Waals surface area contributed by atoms with Gasteiger partial charge in [0.15, 0.2) is 17.1 Å². The molecule has 5 heterocycles. The standard InChI is InChI=1S/C26H18FN7OS/c1-36-24-9-8-23-30-25(17-2-4-18(27)5-3-17)26(34(23)32-24)20-6-7-22-29-19(15-33(22)31-20)14-21(35)16-10-12-28-13-11-16/h2-13,15H,14H2,1H3. The fourth-order valence-electron chi connectivity index (χ4n) is 4.01. The maximum absolute atomic E-state index is 13.6. The molecule has 36 heavy (non-hydrogen) atoms. The molecule has 1 aromatic carbocycles. The molecule has 5 aromatic heterocycles. The van der Waals surface area contributed by atoms with Crippen LogP contribution in [0.1, 0.15) is 16.1 Å². The molecule has 0 spiro atoms. The number of aromatic nitrogens is 7. The summed E-state index contributed by atoms with van der Waals surface area (Å²) in [5.74, 6) is -0.367. The number of rotatable bonds is 6. The van der Waals surface area contributed by atoms with Crippen LogP contribution in [0, 0.1) is 5.82 Å². The van der Waals surface area contributed by atoms with Gasteiger partial charge in [0.1, 0.15) is 27.9 Å². The zero-order valence-corrected chi connectivity index (χ0v) is 19.9. The summed E-state index contributed by atoms with van der Waals surface area (Å²) in [6, 6.07) is 17.1. The molecular weight excluding hydrogens is 477 g/mol. The summed E-state index contributed by atoms with van der Waals surface area (Å²) >= 11 is 1.52. The van der Waals surface area contributed by atoms with Crippen LogP contribution in [0.2, 0.25) is 0 Å². The molecule has 10 heteroatoms. The lowest BCUT2D eigenvalue weighted by atomic mass is 10.1. The van der Waals surface area contributed by atoms with Gasteiger partial charge in [-0.05, 0) is 66.9 Å². The number of fused-ring (bicyclic) bond motifs is 2. The maximum Gasteiger partial charge on any atom is 0.168 e. The third kappa shape index (κ3) is 4.01. The number of thioether (sulfide) groups is 1. The lowest BCUT2D eigenvalue weighted by molar-refractivity contribution is 0.0992. The van der Waals surface area contributed by atoms with Gasteiger partial charge in [-0.2, -0.15) is 10.2 Å². The number of hydrogen-bond donors (Lipinski definition) is 0. The summed E-state index contributed by atoms with van der Waals surface area (Å²) in [6.45, 7) is 0. The second kappa shape index (κ2) is 8.97. The van der Waals surface area contributed by atoms with E-state index in [0.717, 1.165) is 10.6 Å². The number of carbonyl (C=O) groups is 1. The van der Waals surface area contributed by atoms with Crippen molar-refractivity contribution in [2.24, 2.45) is 0 Å². The molecule has 0 amide bonds. The molecule has 0 saturated carbocycles. The van der Waals surface area contributed by atoms with E-state index in [9.17, 15) is 9.18 Å². The van der Waals surface area contributed by atoms with E-state index in [2.05, 4.69) is 9.97 Å². The SMILES string of the molecule is CSc1ccc2nc(-c3ccc(F)cc3)c(-c3ccc4nc(CC(=O)c5ccncc5)cn4n3)n2n1. The zero-order chi connectivity index (χ0) is 24.6. The lowest BCUT2D eigenvalue weighted by Gasteiger charge is -2.06. The third-order valence-corrected chi connectivity index (χ3v) is 6.37. The van der Waals surface area contributed by atoms with Crippen molar-refractivity contribution >= 4 is 28.8 Å². The summed E-state index contributed by atoms with van der Waals surface area (Å²) in [4.78, 5) is 25.9. The van der Waals surface area contributed by atoms with E-state index in [1.807, 2.05) is 30.5 Å². The van der Waals surface area contributed by atoms with Gasteiger partial charge >= 0.3 is 0 Å². The van der Waals surface area contributed by atoms with Crippen LogP contribution in [0.3, 0.4) is 0 Å². The summed E-state index contributed by atoms with van der Waals surface area (Å²) in [5, 5.41) is 10.3. The highest BCUT2D eigenvalue weighted by Crippen LogP contribution is 2.32. The second-order valence-electron chi connectivity index (χ2n) is 8.05. The molecule has 0 aliphatic carbocycles. The molecular formula is C26H18FN7OS. The molecule has 0 bridgehead atoms. The summed E-state index contributed by atoms with van der Waals surface area (Å²) in [6.07, 6.45) is 7.04. The fraction of sp³-hybridized carbons (Fsp3) is 0.0769. The minimum Gasteiger partial charge on any atom is -0.294 e. The first-order valence-corrected chi connectivity index (χ1v) is 12.3. The molecule has 6 rings (SSSR count). The summed E-state index contributed by atoms with van der Waals surface area (Å²) < 4.78 is 17.0. The van der Waals surface area contributed by atoms with Crippen LogP contribution in [-0.2, 0) is 6.42 Å². The van der Waals surface area contributed by atoms with Gasteiger partial charge in [0.05, 0.1) is 18.3 Å². The van der Waals surface area contributed by atoms with Crippen molar-refractivity contribution in [1.29, 1.82) is 0 Å². The first kappa shape index (κ1) is 22.1. The van der Waals surface area contributed by atoms with Crippen molar-refractivity contribution < 1.29 is 9.18 Å². The number of carbonyl (C=O) groups excluding carboxylic acids is 1. The average Bonchev–Trinajstić information content (AvgIpc) is 3.49. The minimum absolute atomic E-state index is 0.0461. The zero-order valence-electron chi connectivity index (χ0n) is 19.0. The Morgan fingerprint density at radius 2 is 1.69 bits per heavy atom. The van der Waals surface area contributed by atoms with E-state index in [1.165, 1.54) is 23.9 Å². The van der Waals surface area contributed by atoms with Crippen LogP contribution in [0.5, 0.6) is 0 Å². The Bertz CT molecular complexity index is 1730. The first-order valence-electron chi connectivity index (χ1n) is 11.1. The van der Waals surface area contributed by atoms with Gasteiger partial charge in [-0.25, -0.2) is 23.4 Å². The number of pyridine rings is 1. The van der Waals surface area contributed by atoms with Gasteiger partial charge in [0.25, 0.3) is 0 Å². The molecule has 8 nitrogen and oxygen atoms in total. The van der Waals surface area contributed by atoms with Gasteiger partial charge in [-0.1, -0.05) is 0 Å². The molecule has 0 radical (unpaired) electrons. The highest BCUT2D eigenvalue weighted by atomic mass is 32.2. The number of benzene rings is 1. The van der Waals surface area contributed by atoms with Crippen molar-refractivity contribution in [1.82, 2.24) is 34.2 Å². The fourth-order valence-corrected chi connectivity index (χ4v) is 4.38. The molecule has 0 aliphatic heterocycles. The van der Waals surface area contributed by atoms with Crippen molar-refractivity contribution in [2.75, 3.05) is 6.26 Å². The van der Waals surface area contributed by atoms with Crippen LogP contribution < -0.4 is 0 Å². The molecule has 0 unspecified atom stereocenters. The van der Waals surface area contributed by atoms with Crippen LogP contribution in [0.15, 0.2) is 84.3 Å². The van der Waals surface area contributed by atoms with Gasteiger partial charge in [0, 0.05) is 23.5 Å². The van der Waals surface area contributed by atoms with Crippen LogP contribution in [0.4, 0.5) is 4.39 Å². The van der Waals surface area contributed by atoms with E-state index in [4.69, 9.17) is 15.2 Å². The maximum atomic E-state index is 13.6. The number of ketones is 1. The quantitative estimate of drug-likeness (QED) is 0.242. The van der Waals surface area contributed by atoms with E-state index < -0.39 is 0 Å². The molecule has 6 aromatic rings. The Morgan fingerprint density at radius 3 is 2.47 bits per heavy atom. The number of hydrogen-bond acceptors (Lipinski definition) is 7. The molecule has 0 saturated heterocycles. The highest BCUT2D eigenvalue weighted by molar-refractivity contribution is 7.98. The van der Waals surface area contributed by atoms with Gasteiger partial charge < -0.3 is 0 Å². The Labute approximate surface area is 208 Å². The Hall–Kier alpha value is -4.44. The van der Waals surface area contributed by atoms with E-state index in [0.29, 0.717) is 39.6 Å². The monoisotopic (exact) mass is 495 g/mol. The van der Waals surface area contributed by atoms with E-state index >= 15 is 0 Å². The highest BCUT2D eigenvalue weighted by Gasteiger charge is 2.20. The Kier molecular flexibility index (Phi) is 5.49. The predicted octanol–water partition coefficient (Wildman–Crippen LogP) is 4.79. The minimum atomic E-state index is -0.321. The van der Waals surface area contributed by atoms with Crippen molar-refractivity contribution in [3.05, 3.63) is 96.3 Å². The molecule has 0 N–H and O–H groups in total. The summed E-state index contributed by atoms with van der Waals surface area (Å²) in [7, 11) is 0. The van der Waals surface area contributed by atoms with Crippen molar-refractivity contribution in [2.45, 2.75) is 11.4 Å². The molecule has 0 aliphatic rings. The van der Waals surface area contributed by atoms with Crippen LogP contribution in [0.25, 0.3) is 33.9 Å². The largest absolute Gasteiger partial charge is 0.294 e. The van der Waals surface area contributed by atoms with Gasteiger partial charge in [-0.15, -0.1) is 11.8 Å². The van der Waals surface area contributed by atoms with Crippen LogP contribution >= 0.6 is 11.8 Å². The number of Topliss-reactive ketones (excluding diaryl/α,β-unsaturated/α-hetero) is 1. The Morgan fingerprint density at radius 1 is 0.917 bits per heavy atom. The smallest absolute Gasteiger partial charge is 0.168 e. The predicted molar refractivity (Wildman–Crippen MR) is 134 cm³/mol. The van der Waals surface area contributed by atoms with E-state index in [1.54, 1.807) is 51.9 Å². The third-order valence-electron chi connectivity index (χ3n) is 5.74. The number of imidazole rings is 2. The average molecular weight is 496 g/mol. The number of nitrogens with zero attached hydrogens (tertiary/aromatic N) is 7. The Balaban J connectivity index is 1.45. The van der Waals surface area contributed by atoms with Crippen LogP contribution in [-0.4, -0.2) is 46.2 Å². The first-order chi connectivity index (χ1) is 17.6. The molecule has 176 valence electrons. The van der Waals surface area contributed by atoms with Crippen molar-refractivity contribution in [3.8, 4) is 22.6 Å². The molecule has 0 fully saturated rings. The number of halogens is 1. The van der Waals surface area contributed by atoms with E-state index in [-0.39, 0.29) is 18.0 Å². The topological polar surface area (TPSA) is 90.3 Å². The molecule has 0 atom stereocenters.